The zero-order valence-corrected chi connectivity index (χ0v) is 9.79. The van der Waals surface area contributed by atoms with Crippen LogP contribution in [0.15, 0.2) is 48.5 Å². The highest BCUT2D eigenvalue weighted by atomic mass is 19.1. The molecule has 0 aliphatic heterocycles. The van der Waals surface area contributed by atoms with Gasteiger partial charge in [-0.15, -0.1) is 0 Å². The van der Waals surface area contributed by atoms with Crippen molar-refractivity contribution < 1.29 is 23.9 Å². The number of carbonyl (C=O) groups excluding carboxylic acids is 1. The molecule has 0 aromatic heterocycles. The summed E-state index contributed by atoms with van der Waals surface area (Å²) >= 11 is 0. The fraction of sp³-hybridized carbons (Fsp3) is 0. The van der Waals surface area contributed by atoms with E-state index in [9.17, 15) is 9.18 Å². The topological polar surface area (TPSA) is 66.8 Å². The molecule has 2 aromatic rings. The third-order valence-electron chi connectivity index (χ3n) is 2.48. The normalized spacial score (nSPS) is 10.1. The van der Waals surface area contributed by atoms with Gasteiger partial charge in [-0.1, -0.05) is 36.4 Å². The van der Waals surface area contributed by atoms with Crippen LogP contribution in [0.4, 0.5) is 4.39 Å². The van der Waals surface area contributed by atoms with Gasteiger partial charge >= 0.3 is 7.32 Å². The Labute approximate surface area is 109 Å². The number of ketones is 1. The van der Waals surface area contributed by atoms with Crippen molar-refractivity contribution in [2.45, 2.75) is 0 Å². The Morgan fingerprint density at radius 2 is 1.74 bits per heavy atom. The molecule has 4 nitrogen and oxygen atoms in total. The van der Waals surface area contributed by atoms with Crippen LogP contribution in [0.5, 0.6) is 5.75 Å². The molecular weight excluding hydrogens is 250 g/mol. The standard InChI is InChI=1S/C13H10BFO4/c15-12-10(7-4-8-11(12)19-14(17)18)13(16)9-5-2-1-3-6-9/h1-8,17-18H. The molecule has 0 unspecified atom stereocenters. The van der Waals surface area contributed by atoms with Gasteiger partial charge in [0.05, 0.1) is 5.56 Å². The first kappa shape index (κ1) is 13.3. The summed E-state index contributed by atoms with van der Waals surface area (Å²) in [7, 11) is -2.14. The lowest BCUT2D eigenvalue weighted by Crippen LogP contribution is -2.21. The fourth-order valence-corrected chi connectivity index (χ4v) is 1.64. The minimum absolute atomic E-state index is 0.190. The maximum Gasteiger partial charge on any atom is 0.707 e. The van der Waals surface area contributed by atoms with E-state index in [0.29, 0.717) is 5.56 Å². The maximum atomic E-state index is 14.0. The lowest BCUT2D eigenvalue weighted by Gasteiger charge is -2.09. The summed E-state index contributed by atoms with van der Waals surface area (Å²) in [4.78, 5) is 12.1. The van der Waals surface area contributed by atoms with Crippen LogP contribution in [-0.4, -0.2) is 23.2 Å². The first-order chi connectivity index (χ1) is 9.09. The van der Waals surface area contributed by atoms with Crippen molar-refractivity contribution in [3.63, 3.8) is 0 Å². The van der Waals surface area contributed by atoms with Crippen LogP contribution in [0, 0.1) is 5.82 Å². The average molecular weight is 260 g/mol. The summed E-state index contributed by atoms with van der Waals surface area (Å²) in [5.41, 5.74) is 0.146. The van der Waals surface area contributed by atoms with Gasteiger partial charge in [-0.3, -0.25) is 4.79 Å². The summed E-state index contributed by atoms with van der Waals surface area (Å²) in [5, 5.41) is 17.3. The summed E-state index contributed by atoms with van der Waals surface area (Å²) in [6.07, 6.45) is 0. The predicted molar refractivity (Wildman–Crippen MR) is 67.1 cm³/mol. The van der Waals surface area contributed by atoms with Crippen molar-refractivity contribution in [3.05, 3.63) is 65.5 Å². The molecule has 96 valence electrons. The lowest BCUT2D eigenvalue weighted by atomic mass is 10.0. The molecular formula is C13H10BFO4. The van der Waals surface area contributed by atoms with Gasteiger partial charge in [0, 0.05) is 5.56 Å². The van der Waals surface area contributed by atoms with E-state index >= 15 is 0 Å². The van der Waals surface area contributed by atoms with Crippen molar-refractivity contribution in [2.75, 3.05) is 0 Å². The SMILES string of the molecule is O=C(c1ccccc1)c1cccc(OB(O)O)c1F. The predicted octanol–water partition coefficient (Wildman–Crippen LogP) is 1.40. The molecule has 0 fully saturated rings. The van der Waals surface area contributed by atoms with Crippen molar-refractivity contribution in [2.24, 2.45) is 0 Å². The Morgan fingerprint density at radius 3 is 2.37 bits per heavy atom. The molecule has 6 heteroatoms. The first-order valence-electron chi connectivity index (χ1n) is 5.50. The first-order valence-corrected chi connectivity index (χ1v) is 5.50. The Balaban J connectivity index is 2.38. The molecule has 0 saturated heterocycles. The molecule has 0 amide bonds. The van der Waals surface area contributed by atoms with E-state index in [4.69, 9.17) is 10.0 Å². The number of carbonyl (C=O) groups is 1. The van der Waals surface area contributed by atoms with Crippen molar-refractivity contribution in [1.82, 2.24) is 0 Å². The molecule has 0 radical (unpaired) electrons. The zero-order valence-electron chi connectivity index (χ0n) is 9.79. The molecule has 0 aliphatic carbocycles. The maximum absolute atomic E-state index is 14.0. The number of rotatable bonds is 4. The van der Waals surface area contributed by atoms with Crippen LogP contribution in [-0.2, 0) is 0 Å². The fourth-order valence-electron chi connectivity index (χ4n) is 1.64. The van der Waals surface area contributed by atoms with Crippen molar-refractivity contribution in [1.29, 1.82) is 0 Å². The van der Waals surface area contributed by atoms with Crippen LogP contribution in [0.25, 0.3) is 0 Å². The molecule has 2 rings (SSSR count). The van der Waals surface area contributed by atoms with Crippen LogP contribution >= 0.6 is 0 Å². The quantitative estimate of drug-likeness (QED) is 0.644. The summed E-state index contributed by atoms with van der Waals surface area (Å²) in [6.45, 7) is 0. The monoisotopic (exact) mass is 260 g/mol. The van der Waals surface area contributed by atoms with Crippen molar-refractivity contribution in [3.8, 4) is 5.75 Å². The lowest BCUT2D eigenvalue weighted by molar-refractivity contribution is 0.103. The van der Waals surface area contributed by atoms with Gasteiger partial charge in [0.1, 0.15) is 5.75 Å². The van der Waals surface area contributed by atoms with E-state index < -0.39 is 24.7 Å². The number of hydrogen-bond acceptors (Lipinski definition) is 4. The molecule has 19 heavy (non-hydrogen) atoms. The average Bonchev–Trinajstić information content (AvgIpc) is 2.41. The molecule has 0 spiro atoms. The van der Waals surface area contributed by atoms with Gasteiger partial charge in [-0.25, -0.2) is 4.39 Å². The zero-order chi connectivity index (χ0) is 13.8. The van der Waals surface area contributed by atoms with Crippen LogP contribution < -0.4 is 4.65 Å². The van der Waals surface area contributed by atoms with E-state index in [0.717, 1.165) is 0 Å². The van der Waals surface area contributed by atoms with Gasteiger partial charge in [-0.05, 0) is 12.1 Å². The number of halogens is 1. The van der Waals surface area contributed by atoms with Crippen molar-refractivity contribution >= 4 is 13.1 Å². The molecule has 0 atom stereocenters. The Bertz CT molecular complexity index is 586. The minimum atomic E-state index is -2.14. The van der Waals surface area contributed by atoms with E-state index in [1.807, 2.05) is 0 Å². The van der Waals surface area contributed by atoms with Gasteiger partial charge in [0.2, 0.25) is 0 Å². The highest BCUT2D eigenvalue weighted by Crippen LogP contribution is 2.22. The van der Waals surface area contributed by atoms with E-state index in [1.54, 1.807) is 30.3 Å². The summed E-state index contributed by atoms with van der Waals surface area (Å²) in [6, 6.07) is 12.1. The Hall–Kier alpha value is -2.18. The second-order valence-electron chi connectivity index (χ2n) is 3.76. The van der Waals surface area contributed by atoms with Gasteiger partial charge in [-0.2, -0.15) is 0 Å². The third kappa shape index (κ3) is 2.99. The largest absolute Gasteiger partial charge is 0.707 e. The number of benzene rings is 2. The van der Waals surface area contributed by atoms with Gasteiger partial charge < -0.3 is 14.7 Å². The van der Waals surface area contributed by atoms with E-state index in [1.165, 1.54) is 18.2 Å². The highest BCUT2D eigenvalue weighted by molar-refractivity contribution is 6.33. The molecule has 0 heterocycles. The van der Waals surface area contributed by atoms with Crippen LogP contribution in [0.2, 0.25) is 0 Å². The van der Waals surface area contributed by atoms with Crippen LogP contribution in [0.3, 0.4) is 0 Å². The van der Waals surface area contributed by atoms with E-state index in [-0.39, 0.29) is 5.56 Å². The molecule has 0 bridgehead atoms. The molecule has 2 N–H and O–H groups in total. The molecule has 0 aliphatic rings. The summed E-state index contributed by atoms with van der Waals surface area (Å²) in [5.74, 6) is -1.82. The molecule has 2 aromatic carbocycles. The third-order valence-corrected chi connectivity index (χ3v) is 2.48. The van der Waals surface area contributed by atoms with Gasteiger partial charge in [0.15, 0.2) is 11.6 Å². The Morgan fingerprint density at radius 1 is 1.05 bits per heavy atom. The highest BCUT2D eigenvalue weighted by Gasteiger charge is 2.20. The van der Waals surface area contributed by atoms with Gasteiger partial charge in [0.25, 0.3) is 0 Å². The minimum Gasteiger partial charge on any atom is -0.510 e. The smallest absolute Gasteiger partial charge is 0.510 e. The summed E-state index contributed by atoms with van der Waals surface area (Å²) < 4.78 is 18.5. The second kappa shape index (κ2) is 5.64. The number of hydrogen-bond donors (Lipinski definition) is 2. The Kier molecular flexibility index (Phi) is 3.94. The second-order valence-corrected chi connectivity index (χ2v) is 3.76. The van der Waals surface area contributed by atoms with E-state index in [2.05, 4.69) is 4.65 Å². The molecule has 0 saturated carbocycles. The van der Waals surface area contributed by atoms with Crippen LogP contribution in [0.1, 0.15) is 15.9 Å².